The summed E-state index contributed by atoms with van der Waals surface area (Å²) in [6, 6.07) is 0. The Morgan fingerprint density at radius 1 is 1.40 bits per heavy atom. The highest BCUT2D eigenvalue weighted by Crippen LogP contribution is 2.25. The zero-order valence-electron chi connectivity index (χ0n) is 5.27. The first-order valence-electron chi connectivity index (χ1n) is 2.46. The van der Waals surface area contributed by atoms with E-state index < -0.39 is 7.82 Å². The minimum absolute atomic E-state index is 0.797. The van der Waals surface area contributed by atoms with E-state index in [9.17, 15) is 0 Å². The second kappa shape index (κ2) is 7.65. The molecule has 0 rings (SSSR count). The first-order valence-corrected chi connectivity index (χ1v) is 5.14. The molecule has 7 heteroatoms. The number of halogens is 1. The Hall–Kier alpha value is 0.550. The van der Waals surface area contributed by atoms with Crippen LogP contribution in [0.15, 0.2) is 0 Å². The Balaban J connectivity index is 0. The highest BCUT2D eigenvalue weighted by Gasteiger charge is 2.00. The van der Waals surface area contributed by atoms with Gasteiger partial charge in [0.05, 0.1) is 0 Å². The normalized spacial score (nSPS) is 10.1. The van der Waals surface area contributed by atoms with Crippen molar-refractivity contribution >= 4 is 23.8 Å². The maximum atomic E-state index is 8.88. The number of phosphoric acid groups is 1. The summed E-state index contributed by atoms with van der Waals surface area (Å²) in [4.78, 5) is 21.6. The summed E-state index contributed by atoms with van der Waals surface area (Å²) in [5.74, 6) is 0. The van der Waals surface area contributed by atoms with Gasteiger partial charge in [-0.15, -0.1) is 0 Å². The number of nitrogens with two attached hydrogens (primary N) is 1. The second-order valence-electron chi connectivity index (χ2n) is 1.34. The maximum Gasteiger partial charge on any atom is 0.466 e. The van der Waals surface area contributed by atoms with E-state index >= 15 is 0 Å². The molecule has 0 aromatic heterocycles. The van der Waals surface area contributed by atoms with Crippen LogP contribution in [0.3, 0.4) is 0 Å². The summed E-state index contributed by atoms with van der Waals surface area (Å²) in [6.45, 7) is 0.797. The van der Waals surface area contributed by atoms with E-state index in [0.717, 1.165) is 18.3 Å². The van der Waals surface area contributed by atoms with Crippen molar-refractivity contribution in [2.24, 2.45) is 5.73 Å². The van der Waals surface area contributed by atoms with Crippen molar-refractivity contribution in [1.82, 2.24) is 0 Å². The van der Waals surface area contributed by atoms with Crippen molar-refractivity contribution in [2.75, 3.05) is 11.9 Å². The lowest BCUT2D eigenvalue weighted by Gasteiger charge is -1.82. The van der Waals surface area contributed by atoms with Crippen molar-refractivity contribution in [3.05, 3.63) is 0 Å². The van der Waals surface area contributed by atoms with Gasteiger partial charge < -0.3 is 20.4 Å². The van der Waals surface area contributed by atoms with Gasteiger partial charge in [0.25, 0.3) is 0 Å². The van der Waals surface area contributed by atoms with Gasteiger partial charge in [-0.3, -0.25) is 0 Å². The number of rotatable bonds is 2. The van der Waals surface area contributed by atoms with Crippen LogP contribution in [0.1, 0.15) is 6.42 Å². The average Bonchev–Trinajstić information content (AvgIpc) is 1.63. The SMILES string of the molecule is NCCCBr.O=P(O)(O)O. The minimum Gasteiger partial charge on any atom is -0.330 e. The molecule has 0 unspecified atom stereocenters. The maximum absolute atomic E-state index is 8.88. The monoisotopic (exact) mass is 235 g/mol. The smallest absolute Gasteiger partial charge is 0.330 e. The van der Waals surface area contributed by atoms with E-state index in [1.54, 1.807) is 0 Å². The highest BCUT2D eigenvalue weighted by molar-refractivity contribution is 9.09. The Bertz CT molecular complexity index is 94.4. The molecule has 0 aliphatic carbocycles. The van der Waals surface area contributed by atoms with E-state index in [4.69, 9.17) is 25.0 Å². The molecule has 5 nitrogen and oxygen atoms in total. The topological polar surface area (TPSA) is 104 Å². The summed E-state index contributed by atoms with van der Waals surface area (Å²) < 4.78 is 8.88. The van der Waals surface area contributed by atoms with Crippen molar-refractivity contribution in [3.63, 3.8) is 0 Å². The summed E-state index contributed by atoms with van der Waals surface area (Å²) in [5.41, 5.74) is 5.11. The molecule has 5 N–H and O–H groups in total. The molecule has 0 amide bonds. The molecule has 0 spiro atoms. The van der Waals surface area contributed by atoms with Gasteiger partial charge in [-0.1, -0.05) is 15.9 Å². The van der Waals surface area contributed by atoms with Gasteiger partial charge in [-0.25, -0.2) is 4.57 Å². The van der Waals surface area contributed by atoms with Crippen LogP contribution >= 0.6 is 23.8 Å². The Morgan fingerprint density at radius 3 is 1.70 bits per heavy atom. The third kappa shape index (κ3) is 75.0. The van der Waals surface area contributed by atoms with Crippen LogP contribution < -0.4 is 5.73 Å². The Kier molecular flexibility index (Phi) is 10.1. The molecule has 10 heavy (non-hydrogen) atoms. The van der Waals surface area contributed by atoms with Crippen LogP contribution in [0.5, 0.6) is 0 Å². The second-order valence-corrected chi connectivity index (χ2v) is 3.16. The molecular weight excluding hydrogens is 225 g/mol. The van der Waals surface area contributed by atoms with Gasteiger partial charge in [-0.2, -0.15) is 0 Å². The standard InChI is InChI=1S/C3H8BrN.H3O4P/c4-2-1-3-5;1-5(2,3)4/h1-3,5H2;(H3,1,2,3,4). The van der Waals surface area contributed by atoms with Gasteiger partial charge in [-0.05, 0) is 13.0 Å². The van der Waals surface area contributed by atoms with E-state index in [0.29, 0.717) is 0 Å². The fourth-order valence-electron chi connectivity index (χ4n) is 0.0772. The van der Waals surface area contributed by atoms with E-state index in [1.807, 2.05) is 0 Å². The van der Waals surface area contributed by atoms with Crippen LogP contribution in [0.4, 0.5) is 0 Å². The lowest BCUT2D eigenvalue weighted by Crippen LogP contribution is -1.97. The van der Waals surface area contributed by atoms with Crippen LogP contribution in [0, 0.1) is 0 Å². The molecule has 0 aliphatic heterocycles. The molecule has 0 saturated heterocycles. The predicted octanol–water partition coefficient (Wildman–Crippen LogP) is -0.198. The first-order chi connectivity index (χ1) is 4.41. The molecule has 0 bridgehead atoms. The van der Waals surface area contributed by atoms with Gasteiger partial charge in [0.2, 0.25) is 0 Å². The molecule has 0 aliphatic rings. The van der Waals surface area contributed by atoms with Crippen molar-refractivity contribution < 1.29 is 19.2 Å². The highest BCUT2D eigenvalue weighted by atomic mass is 79.9. The number of alkyl halides is 1. The first kappa shape index (κ1) is 13.2. The van der Waals surface area contributed by atoms with E-state index in [2.05, 4.69) is 15.9 Å². The summed E-state index contributed by atoms with van der Waals surface area (Å²) >= 11 is 3.23. The molecule has 64 valence electrons. The molecule has 0 aromatic rings. The van der Waals surface area contributed by atoms with Crippen molar-refractivity contribution in [1.29, 1.82) is 0 Å². The number of hydrogen-bond donors (Lipinski definition) is 4. The quantitative estimate of drug-likeness (QED) is 0.392. The largest absolute Gasteiger partial charge is 0.466 e. The van der Waals surface area contributed by atoms with Crippen molar-refractivity contribution in [3.8, 4) is 0 Å². The fourth-order valence-corrected chi connectivity index (χ4v) is 0.401. The summed E-state index contributed by atoms with van der Waals surface area (Å²) in [6.07, 6.45) is 1.08. The lowest BCUT2D eigenvalue weighted by molar-refractivity contribution is 0.275. The van der Waals surface area contributed by atoms with Crippen molar-refractivity contribution in [2.45, 2.75) is 6.42 Å². The van der Waals surface area contributed by atoms with Crippen LogP contribution in [-0.4, -0.2) is 26.6 Å². The van der Waals surface area contributed by atoms with Crippen LogP contribution in [0.2, 0.25) is 0 Å². The van der Waals surface area contributed by atoms with E-state index in [-0.39, 0.29) is 0 Å². The Labute approximate surface area is 67.6 Å². The molecule has 0 radical (unpaired) electrons. The van der Waals surface area contributed by atoms with Gasteiger partial charge in [0.15, 0.2) is 0 Å². The summed E-state index contributed by atoms with van der Waals surface area (Å²) in [5, 5.41) is 1.03. The molecule has 0 saturated carbocycles. The van der Waals surface area contributed by atoms with Gasteiger partial charge in [0, 0.05) is 5.33 Å². The Morgan fingerprint density at radius 2 is 1.70 bits per heavy atom. The zero-order valence-corrected chi connectivity index (χ0v) is 7.75. The number of hydrogen-bond acceptors (Lipinski definition) is 2. The third-order valence-electron chi connectivity index (χ3n) is 0.338. The fraction of sp³-hybridized carbons (Fsp3) is 1.00. The van der Waals surface area contributed by atoms with Crippen LogP contribution in [-0.2, 0) is 4.57 Å². The molecule has 0 atom stereocenters. The summed E-state index contributed by atoms with van der Waals surface area (Å²) in [7, 11) is -4.64. The van der Waals surface area contributed by atoms with Gasteiger partial charge in [0.1, 0.15) is 0 Å². The predicted molar refractivity (Wildman–Crippen MR) is 41.7 cm³/mol. The third-order valence-corrected chi connectivity index (χ3v) is 0.898. The molecule has 0 aromatic carbocycles. The van der Waals surface area contributed by atoms with E-state index in [1.165, 1.54) is 0 Å². The minimum atomic E-state index is -4.64. The average molecular weight is 236 g/mol. The van der Waals surface area contributed by atoms with Gasteiger partial charge >= 0.3 is 7.82 Å². The molecular formula is C3H11BrNO4P. The lowest BCUT2D eigenvalue weighted by atomic mass is 10.5. The molecule has 0 fully saturated rings. The van der Waals surface area contributed by atoms with Crippen LogP contribution in [0.25, 0.3) is 0 Å². The zero-order chi connectivity index (χ0) is 8.62. The molecule has 0 heterocycles.